The zero-order valence-corrected chi connectivity index (χ0v) is 13.1. The first kappa shape index (κ1) is 14.1. The Bertz CT molecular complexity index is 657. The molecule has 0 bridgehead atoms. The second-order valence-electron chi connectivity index (χ2n) is 5.23. The molecule has 108 valence electrons. The summed E-state index contributed by atoms with van der Waals surface area (Å²) in [5.41, 5.74) is 4.20. The SMILES string of the molecule is O=C(O)c1ccc(N2CCc3ccccc3CC2)c(Br)c1. The standard InChI is InChI=1S/C17H16BrNO2/c18-15-11-14(17(20)21)5-6-16(15)19-9-7-12-3-1-2-4-13(12)8-10-19/h1-6,11H,7-10H2,(H,20,21). The third-order valence-corrected chi connectivity index (χ3v) is 4.59. The van der Waals surface area contributed by atoms with Gasteiger partial charge in [0.25, 0.3) is 0 Å². The average Bonchev–Trinajstić information content (AvgIpc) is 2.70. The molecule has 3 rings (SSSR count). The molecule has 4 heteroatoms. The van der Waals surface area contributed by atoms with Gasteiger partial charge in [-0.3, -0.25) is 0 Å². The molecule has 2 aromatic rings. The summed E-state index contributed by atoms with van der Waals surface area (Å²) in [6.07, 6.45) is 2.03. The molecule has 0 amide bonds. The molecule has 0 aromatic heterocycles. The van der Waals surface area contributed by atoms with Gasteiger partial charge >= 0.3 is 5.97 Å². The van der Waals surface area contributed by atoms with E-state index in [4.69, 9.17) is 5.11 Å². The lowest BCUT2D eigenvalue weighted by atomic mass is 10.0. The van der Waals surface area contributed by atoms with Gasteiger partial charge in [-0.05, 0) is 58.1 Å². The van der Waals surface area contributed by atoms with Crippen molar-refractivity contribution in [3.8, 4) is 0 Å². The second-order valence-corrected chi connectivity index (χ2v) is 6.08. The van der Waals surface area contributed by atoms with Gasteiger partial charge in [0.2, 0.25) is 0 Å². The highest BCUT2D eigenvalue weighted by Crippen LogP contribution is 2.29. The minimum absolute atomic E-state index is 0.309. The van der Waals surface area contributed by atoms with Gasteiger partial charge in [-0.15, -0.1) is 0 Å². The number of nitrogens with zero attached hydrogens (tertiary/aromatic N) is 1. The fourth-order valence-electron chi connectivity index (χ4n) is 2.81. The maximum Gasteiger partial charge on any atom is 0.335 e. The monoisotopic (exact) mass is 345 g/mol. The zero-order chi connectivity index (χ0) is 14.8. The van der Waals surface area contributed by atoms with E-state index in [0.29, 0.717) is 5.56 Å². The fourth-order valence-corrected chi connectivity index (χ4v) is 3.43. The van der Waals surface area contributed by atoms with Crippen molar-refractivity contribution in [2.24, 2.45) is 0 Å². The molecule has 0 fully saturated rings. The molecule has 0 unspecified atom stereocenters. The van der Waals surface area contributed by atoms with Gasteiger partial charge in [-0.1, -0.05) is 24.3 Å². The van der Waals surface area contributed by atoms with E-state index in [1.165, 1.54) is 11.1 Å². The Kier molecular flexibility index (Phi) is 3.97. The molecule has 0 saturated heterocycles. The number of aromatic carboxylic acids is 1. The molecular weight excluding hydrogens is 330 g/mol. The van der Waals surface area contributed by atoms with Crippen molar-refractivity contribution in [3.05, 3.63) is 63.6 Å². The number of anilines is 1. The maximum atomic E-state index is 11.0. The molecule has 1 aliphatic rings. The molecular formula is C17H16BrNO2. The number of hydrogen-bond donors (Lipinski definition) is 1. The first-order valence-electron chi connectivity index (χ1n) is 7.00. The van der Waals surface area contributed by atoms with Crippen LogP contribution in [-0.4, -0.2) is 24.2 Å². The van der Waals surface area contributed by atoms with Crippen LogP contribution in [0.1, 0.15) is 21.5 Å². The number of halogens is 1. The summed E-state index contributed by atoms with van der Waals surface area (Å²) < 4.78 is 0.841. The Morgan fingerprint density at radius 2 is 1.67 bits per heavy atom. The van der Waals surface area contributed by atoms with Crippen LogP contribution in [0.4, 0.5) is 5.69 Å². The first-order chi connectivity index (χ1) is 10.1. The number of hydrogen-bond acceptors (Lipinski definition) is 2. The van der Waals surface area contributed by atoms with Crippen molar-refractivity contribution in [2.75, 3.05) is 18.0 Å². The number of carbonyl (C=O) groups is 1. The van der Waals surface area contributed by atoms with Crippen molar-refractivity contribution in [1.29, 1.82) is 0 Å². The Morgan fingerprint density at radius 3 is 2.19 bits per heavy atom. The van der Waals surface area contributed by atoms with Crippen molar-refractivity contribution < 1.29 is 9.90 Å². The van der Waals surface area contributed by atoms with E-state index >= 15 is 0 Å². The number of fused-ring (bicyclic) bond motifs is 1. The highest BCUT2D eigenvalue weighted by Gasteiger charge is 2.16. The molecule has 2 aromatic carbocycles. The first-order valence-corrected chi connectivity index (χ1v) is 7.79. The molecule has 0 aliphatic carbocycles. The number of carboxylic acid groups (broad SMARTS) is 1. The van der Waals surface area contributed by atoms with E-state index < -0.39 is 5.97 Å². The van der Waals surface area contributed by atoms with Crippen LogP contribution in [0.25, 0.3) is 0 Å². The molecule has 1 N–H and O–H groups in total. The van der Waals surface area contributed by atoms with Gasteiger partial charge < -0.3 is 10.0 Å². The normalized spacial score (nSPS) is 14.4. The van der Waals surface area contributed by atoms with Crippen LogP contribution in [-0.2, 0) is 12.8 Å². The van der Waals surface area contributed by atoms with E-state index in [1.807, 2.05) is 6.07 Å². The molecule has 0 saturated carbocycles. The molecule has 1 heterocycles. The van der Waals surface area contributed by atoms with Gasteiger partial charge in [0.05, 0.1) is 11.3 Å². The minimum atomic E-state index is -0.898. The fraction of sp³-hybridized carbons (Fsp3) is 0.235. The van der Waals surface area contributed by atoms with Crippen LogP contribution >= 0.6 is 15.9 Å². The van der Waals surface area contributed by atoms with E-state index in [9.17, 15) is 4.79 Å². The summed E-state index contributed by atoms with van der Waals surface area (Å²) in [5, 5.41) is 9.04. The van der Waals surface area contributed by atoms with Crippen LogP contribution < -0.4 is 4.90 Å². The van der Waals surface area contributed by atoms with Gasteiger partial charge in [-0.2, -0.15) is 0 Å². The van der Waals surface area contributed by atoms with Crippen LogP contribution in [0.5, 0.6) is 0 Å². The Labute approximate surface area is 132 Å². The summed E-state index contributed by atoms with van der Waals surface area (Å²) >= 11 is 3.51. The molecule has 0 radical (unpaired) electrons. The summed E-state index contributed by atoms with van der Waals surface area (Å²) in [6, 6.07) is 13.8. The zero-order valence-electron chi connectivity index (χ0n) is 11.6. The largest absolute Gasteiger partial charge is 0.478 e. The quantitative estimate of drug-likeness (QED) is 0.900. The third-order valence-electron chi connectivity index (χ3n) is 3.96. The van der Waals surface area contributed by atoms with E-state index in [0.717, 1.165) is 36.1 Å². The van der Waals surface area contributed by atoms with Gasteiger partial charge in [0, 0.05) is 17.6 Å². The Morgan fingerprint density at radius 1 is 1.05 bits per heavy atom. The summed E-state index contributed by atoms with van der Waals surface area (Å²) in [5.74, 6) is -0.898. The Hall–Kier alpha value is -1.81. The van der Waals surface area contributed by atoms with Crippen molar-refractivity contribution >= 4 is 27.6 Å². The van der Waals surface area contributed by atoms with Crippen LogP contribution in [0, 0.1) is 0 Å². The third kappa shape index (κ3) is 2.95. The smallest absolute Gasteiger partial charge is 0.335 e. The lowest BCUT2D eigenvalue weighted by molar-refractivity contribution is 0.0697. The van der Waals surface area contributed by atoms with Gasteiger partial charge in [-0.25, -0.2) is 4.79 Å². The second kappa shape index (κ2) is 5.90. The average molecular weight is 346 g/mol. The topological polar surface area (TPSA) is 40.5 Å². The van der Waals surface area contributed by atoms with Crippen LogP contribution in [0.15, 0.2) is 46.9 Å². The highest BCUT2D eigenvalue weighted by atomic mass is 79.9. The van der Waals surface area contributed by atoms with Crippen LogP contribution in [0.2, 0.25) is 0 Å². The van der Waals surface area contributed by atoms with Crippen LogP contribution in [0.3, 0.4) is 0 Å². The Balaban J connectivity index is 1.84. The predicted molar refractivity (Wildman–Crippen MR) is 87.2 cm³/mol. The van der Waals surface area contributed by atoms with Crippen molar-refractivity contribution in [1.82, 2.24) is 0 Å². The van der Waals surface area contributed by atoms with E-state index in [-0.39, 0.29) is 0 Å². The number of benzene rings is 2. The lowest BCUT2D eigenvalue weighted by Gasteiger charge is -2.24. The lowest BCUT2D eigenvalue weighted by Crippen LogP contribution is -2.26. The summed E-state index contributed by atoms with van der Waals surface area (Å²) in [7, 11) is 0. The highest BCUT2D eigenvalue weighted by molar-refractivity contribution is 9.10. The molecule has 0 spiro atoms. The number of rotatable bonds is 2. The minimum Gasteiger partial charge on any atom is -0.478 e. The molecule has 3 nitrogen and oxygen atoms in total. The van der Waals surface area contributed by atoms with Gasteiger partial charge in [0.15, 0.2) is 0 Å². The summed E-state index contributed by atoms with van der Waals surface area (Å²) in [4.78, 5) is 13.3. The number of carboxylic acids is 1. The predicted octanol–water partition coefficient (Wildman–Crippen LogP) is 3.75. The molecule has 1 aliphatic heterocycles. The maximum absolute atomic E-state index is 11.0. The van der Waals surface area contributed by atoms with Crippen molar-refractivity contribution in [2.45, 2.75) is 12.8 Å². The van der Waals surface area contributed by atoms with E-state index in [1.54, 1.807) is 12.1 Å². The van der Waals surface area contributed by atoms with E-state index in [2.05, 4.69) is 45.1 Å². The molecule has 0 atom stereocenters. The van der Waals surface area contributed by atoms with Gasteiger partial charge in [0.1, 0.15) is 0 Å². The summed E-state index contributed by atoms with van der Waals surface area (Å²) in [6.45, 7) is 1.89. The molecule has 21 heavy (non-hydrogen) atoms. The van der Waals surface area contributed by atoms with Crippen molar-refractivity contribution in [3.63, 3.8) is 0 Å².